The molecule has 0 aromatic heterocycles. The Bertz CT molecular complexity index is 369. The predicted octanol–water partition coefficient (Wildman–Crippen LogP) is 1.60. The van der Waals surface area contributed by atoms with Gasteiger partial charge in [0.05, 0.1) is 12.7 Å². The summed E-state index contributed by atoms with van der Waals surface area (Å²) in [7, 11) is 1.60. The first-order valence-electron chi connectivity index (χ1n) is 5.85. The highest BCUT2D eigenvalue weighted by atomic mass is 16.5. The summed E-state index contributed by atoms with van der Waals surface area (Å²) in [4.78, 5) is 11.8. The molecule has 4 nitrogen and oxygen atoms in total. The molecule has 1 atom stereocenters. The van der Waals surface area contributed by atoms with Crippen molar-refractivity contribution < 1.29 is 14.3 Å². The molecule has 1 N–H and O–H groups in total. The van der Waals surface area contributed by atoms with Crippen LogP contribution in [-0.4, -0.2) is 32.3 Å². The van der Waals surface area contributed by atoms with Gasteiger partial charge in [0.25, 0.3) is 0 Å². The van der Waals surface area contributed by atoms with Gasteiger partial charge in [-0.05, 0) is 43.7 Å². The van der Waals surface area contributed by atoms with Gasteiger partial charge in [-0.3, -0.25) is 0 Å². The fourth-order valence-electron chi connectivity index (χ4n) is 1.87. The summed E-state index contributed by atoms with van der Waals surface area (Å²) >= 11 is 0. The molecule has 1 aromatic rings. The van der Waals surface area contributed by atoms with Gasteiger partial charge in [-0.25, -0.2) is 4.79 Å². The van der Waals surface area contributed by atoms with E-state index < -0.39 is 0 Å². The zero-order chi connectivity index (χ0) is 12.1. The van der Waals surface area contributed by atoms with E-state index in [0.29, 0.717) is 5.56 Å². The third kappa shape index (κ3) is 3.20. The monoisotopic (exact) mass is 235 g/mol. The van der Waals surface area contributed by atoms with Crippen molar-refractivity contribution in [3.05, 3.63) is 29.8 Å². The lowest BCUT2D eigenvalue weighted by Gasteiger charge is -2.22. The molecular weight excluding hydrogens is 218 g/mol. The predicted molar refractivity (Wildman–Crippen MR) is 64.3 cm³/mol. The van der Waals surface area contributed by atoms with Crippen LogP contribution in [0.4, 0.5) is 0 Å². The van der Waals surface area contributed by atoms with Crippen LogP contribution >= 0.6 is 0 Å². The zero-order valence-electron chi connectivity index (χ0n) is 9.94. The van der Waals surface area contributed by atoms with Crippen LogP contribution in [0.1, 0.15) is 23.2 Å². The van der Waals surface area contributed by atoms with Gasteiger partial charge in [-0.1, -0.05) is 0 Å². The normalized spacial score (nSPS) is 19.7. The third-order valence-corrected chi connectivity index (χ3v) is 2.85. The number of carbonyl (C=O) groups excluding carboxylic acids is 1. The van der Waals surface area contributed by atoms with Gasteiger partial charge in [-0.2, -0.15) is 0 Å². The van der Waals surface area contributed by atoms with Crippen LogP contribution in [0.5, 0.6) is 5.75 Å². The van der Waals surface area contributed by atoms with E-state index in [4.69, 9.17) is 9.47 Å². The fourth-order valence-corrected chi connectivity index (χ4v) is 1.87. The number of hydrogen-bond donors (Lipinski definition) is 1. The van der Waals surface area contributed by atoms with Gasteiger partial charge in [0.15, 0.2) is 0 Å². The second kappa shape index (κ2) is 5.68. The Kier molecular flexibility index (Phi) is 3.98. The van der Waals surface area contributed by atoms with E-state index in [2.05, 4.69) is 5.32 Å². The van der Waals surface area contributed by atoms with Gasteiger partial charge in [0.1, 0.15) is 11.9 Å². The van der Waals surface area contributed by atoms with Crippen molar-refractivity contribution in [3.63, 3.8) is 0 Å². The minimum Gasteiger partial charge on any atom is -0.497 e. The fraction of sp³-hybridized carbons (Fsp3) is 0.462. The summed E-state index contributed by atoms with van der Waals surface area (Å²) in [5.41, 5.74) is 0.566. The average Bonchev–Trinajstić information content (AvgIpc) is 2.40. The number of methoxy groups -OCH3 is 1. The molecule has 1 fully saturated rings. The zero-order valence-corrected chi connectivity index (χ0v) is 9.94. The van der Waals surface area contributed by atoms with E-state index in [-0.39, 0.29) is 12.1 Å². The molecule has 4 heteroatoms. The highest BCUT2D eigenvalue weighted by Crippen LogP contribution is 2.14. The minimum atomic E-state index is -0.263. The van der Waals surface area contributed by atoms with Crippen LogP contribution in [0.25, 0.3) is 0 Å². The summed E-state index contributed by atoms with van der Waals surface area (Å²) < 4.78 is 10.4. The van der Waals surface area contributed by atoms with Crippen LogP contribution in [0.2, 0.25) is 0 Å². The molecule has 1 aromatic carbocycles. The summed E-state index contributed by atoms with van der Waals surface area (Å²) in [6.07, 6.45) is 1.99. The maximum Gasteiger partial charge on any atom is 0.338 e. The Morgan fingerprint density at radius 1 is 1.35 bits per heavy atom. The van der Waals surface area contributed by atoms with Gasteiger partial charge < -0.3 is 14.8 Å². The number of rotatable bonds is 3. The SMILES string of the molecule is COc1ccc(C(=O)O[C@H]2CCCNC2)cc1. The molecule has 0 aliphatic carbocycles. The molecule has 0 unspecified atom stereocenters. The lowest BCUT2D eigenvalue weighted by molar-refractivity contribution is 0.0245. The molecule has 0 saturated carbocycles. The van der Waals surface area contributed by atoms with Crippen LogP contribution in [0.15, 0.2) is 24.3 Å². The maximum atomic E-state index is 11.8. The van der Waals surface area contributed by atoms with Gasteiger partial charge in [0, 0.05) is 6.54 Å². The number of benzene rings is 1. The number of hydrogen-bond acceptors (Lipinski definition) is 4. The smallest absolute Gasteiger partial charge is 0.338 e. The van der Waals surface area contributed by atoms with Crippen molar-refractivity contribution >= 4 is 5.97 Å². The average molecular weight is 235 g/mol. The lowest BCUT2D eigenvalue weighted by atomic mass is 10.1. The molecule has 0 bridgehead atoms. The summed E-state index contributed by atoms with van der Waals surface area (Å²) in [6.45, 7) is 1.76. The van der Waals surface area contributed by atoms with Crippen molar-refractivity contribution in [2.75, 3.05) is 20.2 Å². The van der Waals surface area contributed by atoms with Crippen LogP contribution < -0.4 is 10.1 Å². The van der Waals surface area contributed by atoms with Crippen molar-refractivity contribution in [1.29, 1.82) is 0 Å². The van der Waals surface area contributed by atoms with Crippen LogP contribution in [0, 0.1) is 0 Å². The molecule has 2 rings (SSSR count). The van der Waals surface area contributed by atoms with Gasteiger partial charge in [0.2, 0.25) is 0 Å². The van der Waals surface area contributed by atoms with E-state index in [0.717, 1.165) is 31.7 Å². The van der Waals surface area contributed by atoms with Gasteiger partial charge >= 0.3 is 5.97 Å². The molecule has 17 heavy (non-hydrogen) atoms. The molecule has 0 amide bonds. The Morgan fingerprint density at radius 3 is 2.71 bits per heavy atom. The summed E-state index contributed by atoms with van der Waals surface area (Å²) in [5, 5.41) is 3.21. The Hall–Kier alpha value is -1.55. The maximum absolute atomic E-state index is 11.8. The van der Waals surface area contributed by atoms with Crippen molar-refractivity contribution in [3.8, 4) is 5.75 Å². The second-order valence-corrected chi connectivity index (χ2v) is 4.10. The molecule has 0 spiro atoms. The quantitative estimate of drug-likeness (QED) is 0.808. The first kappa shape index (κ1) is 11.9. The Morgan fingerprint density at radius 2 is 2.12 bits per heavy atom. The van der Waals surface area contributed by atoms with E-state index in [1.54, 1.807) is 31.4 Å². The first-order chi connectivity index (χ1) is 8.29. The first-order valence-corrected chi connectivity index (χ1v) is 5.85. The van der Waals surface area contributed by atoms with Crippen LogP contribution in [0.3, 0.4) is 0 Å². The molecule has 92 valence electrons. The van der Waals surface area contributed by atoms with Gasteiger partial charge in [-0.15, -0.1) is 0 Å². The number of esters is 1. The Balaban J connectivity index is 1.93. The van der Waals surface area contributed by atoms with Crippen molar-refractivity contribution in [1.82, 2.24) is 5.32 Å². The molecular formula is C13H17NO3. The van der Waals surface area contributed by atoms with Crippen molar-refractivity contribution in [2.24, 2.45) is 0 Å². The number of ether oxygens (including phenoxy) is 2. The lowest BCUT2D eigenvalue weighted by Crippen LogP contribution is -2.36. The molecule has 0 radical (unpaired) electrons. The van der Waals surface area contributed by atoms with E-state index in [1.807, 2.05) is 0 Å². The molecule has 1 saturated heterocycles. The second-order valence-electron chi connectivity index (χ2n) is 4.10. The highest BCUT2D eigenvalue weighted by molar-refractivity contribution is 5.89. The van der Waals surface area contributed by atoms with E-state index in [9.17, 15) is 4.79 Å². The summed E-state index contributed by atoms with van der Waals surface area (Å²) in [6, 6.07) is 6.96. The third-order valence-electron chi connectivity index (χ3n) is 2.85. The molecule has 1 heterocycles. The molecule has 1 aliphatic heterocycles. The number of carbonyl (C=O) groups is 1. The van der Waals surface area contributed by atoms with Crippen molar-refractivity contribution in [2.45, 2.75) is 18.9 Å². The number of nitrogens with one attached hydrogen (secondary N) is 1. The minimum absolute atomic E-state index is 0.00153. The standard InChI is InChI=1S/C13H17NO3/c1-16-11-6-4-10(5-7-11)13(15)17-12-3-2-8-14-9-12/h4-7,12,14H,2-3,8-9H2,1H3/t12-/m0/s1. The molecule has 1 aliphatic rings. The van der Waals surface area contributed by atoms with E-state index >= 15 is 0 Å². The topological polar surface area (TPSA) is 47.6 Å². The summed E-state index contributed by atoms with van der Waals surface area (Å²) in [5.74, 6) is 0.474. The highest BCUT2D eigenvalue weighted by Gasteiger charge is 2.18. The number of piperidine rings is 1. The largest absolute Gasteiger partial charge is 0.497 e. The van der Waals surface area contributed by atoms with E-state index in [1.165, 1.54) is 0 Å². The Labute approximate surface area is 101 Å². The van der Waals surface area contributed by atoms with Crippen LogP contribution in [-0.2, 0) is 4.74 Å².